The molecule has 8 nitrogen and oxygen atoms in total. The zero-order chi connectivity index (χ0) is 24.0. The van der Waals surface area contributed by atoms with E-state index in [0.717, 1.165) is 6.54 Å². The van der Waals surface area contributed by atoms with Gasteiger partial charge in [-0.1, -0.05) is 19.1 Å². The summed E-state index contributed by atoms with van der Waals surface area (Å²) < 4.78 is 17.0. The van der Waals surface area contributed by atoms with Crippen LogP contribution in [0.15, 0.2) is 42.5 Å². The first-order chi connectivity index (χ1) is 15.8. The van der Waals surface area contributed by atoms with E-state index in [9.17, 15) is 9.59 Å². The highest BCUT2D eigenvalue weighted by atomic mass is 16.5. The molecular weight excluding hydrogens is 422 g/mol. The van der Waals surface area contributed by atoms with Gasteiger partial charge in [0.15, 0.2) is 0 Å². The van der Waals surface area contributed by atoms with Gasteiger partial charge in [0.1, 0.15) is 18.1 Å². The monoisotopic (exact) mass is 455 g/mol. The van der Waals surface area contributed by atoms with Gasteiger partial charge in [-0.25, -0.2) is 0 Å². The van der Waals surface area contributed by atoms with Crippen LogP contribution in [0.3, 0.4) is 0 Å². The number of likely N-dealkylation sites (N-methyl/N-ethyl adjacent to an activating group) is 1. The van der Waals surface area contributed by atoms with Crippen LogP contribution in [0.1, 0.15) is 34.6 Å². The highest BCUT2D eigenvalue weighted by Gasteiger charge is 2.25. The van der Waals surface area contributed by atoms with Crippen LogP contribution in [0.25, 0.3) is 0 Å². The Bertz CT molecular complexity index is 980. The number of carbonyl (C=O) groups is 2. The summed E-state index contributed by atoms with van der Waals surface area (Å²) in [6.45, 7) is 5.70. The first-order valence-electron chi connectivity index (χ1n) is 11.1. The number of hydrogen-bond donors (Lipinski definition) is 2. The minimum atomic E-state index is -0.309. The lowest BCUT2D eigenvalue weighted by Gasteiger charge is -2.30. The minimum absolute atomic E-state index is 0.0666. The third-order valence-corrected chi connectivity index (χ3v) is 5.84. The van der Waals surface area contributed by atoms with E-state index >= 15 is 0 Å². The molecule has 33 heavy (non-hydrogen) atoms. The molecule has 1 aliphatic heterocycles. The maximum atomic E-state index is 13.2. The number of methoxy groups -OCH3 is 2. The summed E-state index contributed by atoms with van der Waals surface area (Å²) in [5.74, 6) is 0.648. The Morgan fingerprint density at radius 3 is 2.67 bits per heavy atom. The Balaban J connectivity index is 1.88. The summed E-state index contributed by atoms with van der Waals surface area (Å²) in [7, 11) is 4.94. The molecule has 0 aliphatic carbocycles. The fourth-order valence-electron chi connectivity index (χ4n) is 3.76. The smallest absolute Gasteiger partial charge is 0.259 e. The zero-order valence-corrected chi connectivity index (χ0v) is 19.9. The summed E-state index contributed by atoms with van der Waals surface area (Å²) in [5.41, 5.74) is 1.38. The van der Waals surface area contributed by atoms with E-state index in [1.807, 2.05) is 6.92 Å². The van der Waals surface area contributed by atoms with E-state index in [2.05, 4.69) is 17.6 Å². The first-order valence-corrected chi connectivity index (χ1v) is 11.1. The quantitative estimate of drug-likeness (QED) is 0.737. The maximum Gasteiger partial charge on any atom is 0.259 e. The summed E-state index contributed by atoms with van der Waals surface area (Å²) in [6.07, 6.45) is -0.0955. The van der Waals surface area contributed by atoms with Crippen molar-refractivity contribution in [3.63, 3.8) is 0 Å². The van der Waals surface area contributed by atoms with E-state index in [-0.39, 0.29) is 29.9 Å². The van der Waals surface area contributed by atoms with Gasteiger partial charge in [0, 0.05) is 45.0 Å². The molecule has 0 fully saturated rings. The van der Waals surface area contributed by atoms with Crippen molar-refractivity contribution < 1.29 is 23.8 Å². The third-order valence-electron chi connectivity index (χ3n) is 5.84. The SMILES string of the molecule is COc1ccccc1C(=O)Nc1ccc2c(c1)OC[C@H](C)NC[C@H](C)[C@@H](OC)CN(C)C2=O. The second-order valence-corrected chi connectivity index (χ2v) is 8.42. The van der Waals surface area contributed by atoms with Gasteiger partial charge in [-0.3, -0.25) is 9.59 Å². The number of nitrogens with one attached hydrogen (secondary N) is 2. The normalized spacial score (nSPS) is 21.8. The van der Waals surface area contributed by atoms with E-state index in [1.54, 1.807) is 61.5 Å². The van der Waals surface area contributed by atoms with Gasteiger partial charge in [0.25, 0.3) is 11.8 Å². The first kappa shape index (κ1) is 24.5. The minimum Gasteiger partial charge on any atom is -0.496 e. The fourth-order valence-corrected chi connectivity index (χ4v) is 3.76. The number of para-hydroxylation sites is 1. The molecule has 178 valence electrons. The number of nitrogens with zero attached hydrogens (tertiary/aromatic N) is 1. The molecule has 0 spiro atoms. The molecule has 3 atom stereocenters. The largest absolute Gasteiger partial charge is 0.496 e. The van der Waals surface area contributed by atoms with Crippen molar-refractivity contribution in [3.8, 4) is 11.5 Å². The standard InChI is InChI=1S/C25H33N3O5/c1-16-13-26-17(2)15-33-22-12-18(27-24(29)19-8-6-7-9-21(19)31-4)10-11-20(22)25(30)28(3)14-23(16)32-5/h6-12,16-17,23,26H,13-15H2,1-5H3,(H,27,29)/t16-,17-,23-/m0/s1. The van der Waals surface area contributed by atoms with Gasteiger partial charge in [0.2, 0.25) is 0 Å². The molecule has 2 amide bonds. The number of benzene rings is 2. The van der Waals surface area contributed by atoms with Gasteiger partial charge in [-0.15, -0.1) is 0 Å². The van der Waals surface area contributed by atoms with E-state index in [0.29, 0.717) is 41.5 Å². The summed E-state index contributed by atoms with van der Waals surface area (Å²) >= 11 is 0. The van der Waals surface area contributed by atoms with Gasteiger partial charge in [-0.2, -0.15) is 0 Å². The van der Waals surface area contributed by atoms with Crippen molar-refractivity contribution >= 4 is 17.5 Å². The van der Waals surface area contributed by atoms with Crippen molar-refractivity contribution in [3.05, 3.63) is 53.6 Å². The van der Waals surface area contributed by atoms with Crippen LogP contribution in [0.4, 0.5) is 5.69 Å². The molecule has 2 aromatic carbocycles. The number of carbonyl (C=O) groups excluding carboxylic acids is 2. The Labute approximate surface area is 195 Å². The maximum absolute atomic E-state index is 13.2. The number of rotatable bonds is 4. The Morgan fingerprint density at radius 2 is 1.94 bits per heavy atom. The van der Waals surface area contributed by atoms with Crippen molar-refractivity contribution in [1.82, 2.24) is 10.2 Å². The van der Waals surface area contributed by atoms with Gasteiger partial charge < -0.3 is 29.7 Å². The van der Waals surface area contributed by atoms with Gasteiger partial charge in [0.05, 0.1) is 24.3 Å². The highest BCUT2D eigenvalue weighted by Crippen LogP contribution is 2.27. The third kappa shape index (κ3) is 6.03. The molecule has 0 radical (unpaired) electrons. The van der Waals surface area contributed by atoms with Crippen molar-refractivity contribution in [2.24, 2.45) is 5.92 Å². The number of hydrogen-bond acceptors (Lipinski definition) is 6. The fraction of sp³-hybridized carbons (Fsp3) is 0.440. The summed E-state index contributed by atoms with van der Waals surface area (Å²) in [4.78, 5) is 27.7. The topological polar surface area (TPSA) is 89.1 Å². The summed E-state index contributed by atoms with van der Waals surface area (Å²) in [6, 6.07) is 12.1. The molecule has 2 aromatic rings. The molecule has 3 rings (SSSR count). The average molecular weight is 456 g/mol. The van der Waals surface area contributed by atoms with Crippen molar-refractivity contribution in [1.29, 1.82) is 0 Å². The van der Waals surface area contributed by atoms with Crippen LogP contribution in [0.2, 0.25) is 0 Å². The van der Waals surface area contributed by atoms with Crippen LogP contribution < -0.4 is 20.1 Å². The van der Waals surface area contributed by atoms with Gasteiger partial charge in [-0.05, 0) is 37.1 Å². The lowest BCUT2D eigenvalue weighted by atomic mass is 10.0. The van der Waals surface area contributed by atoms with Crippen molar-refractivity contribution in [2.45, 2.75) is 26.0 Å². The predicted molar refractivity (Wildman–Crippen MR) is 127 cm³/mol. The molecule has 0 aromatic heterocycles. The molecule has 0 saturated heterocycles. The molecule has 1 aliphatic rings. The predicted octanol–water partition coefficient (Wildman–Crippen LogP) is 3.04. The second-order valence-electron chi connectivity index (χ2n) is 8.42. The van der Waals surface area contributed by atoms with Crippen LogP contribution in [0, 0.1) is 5.92 Å². The van der Waals surface area contributed by atoms with Crippen LogP contribution in [0.5, 0.6) is 11.5 Å². The molecule has 0 bridgehead atoms. The Morgan fingerprint density at radius 1 is 1.18 bits per heavy atom. The zero-order valence-electron chi connectivity index (χ0n) is 19.9. The lowest BCUT2D eigenvalue weighted by molar-refractivity contribution is 0.0281. The van der Waals surface area contributed by atoms with Crippen LogP contribution in [-0.4, -0.2) is 69.8 Å². The Hall–Kier alpha value is -3.10. The number of anilines is 1. The number of ether oxygens (including phenoxy) is 3. The molecule has 0 saturated carbocycles. The number of fused-ring (bicyclic) bond motifs is 1. The highest BCUT2D eigenvalue weighted by molar-refractivity contribution is 6.06. The molecule has 0 unspecified atom stereocenters. The van der Waals surface area contributed by atoms with Gasteiger partial charge >= 0.3 is 0 Å². The lowest BCUT2D eigenvalue weighted by Crippen LogP contribution is -2.44. The van der Waals surface area contributed by atoms with E-state index in [1.165, 1.54) is 7.11 Å². The Kier molecular flexibility index (Phi) is 8.30. The van der Waals surface area contributed by atoms with E-state index in [4.69, 9.17) is 14.2 Å². The van der Waals surface area contributed by atoms with Crippen molar-refractivity contribution in [2.75, 3.05) is 46.3 Å². The van der Waals surface area contributed by atoms with Crippen LogP contribution in [-0.2, 0) is 4.74 Å². The molecular formula is C25H33N3O5. The second kappa shape index (κ2) is 11.2. The summed E-state index contributed by atoms with van der Waals surface area (Å²) in [5, 5.41) is 6.33. The molecule has 2 N–H and O–H groups in total. The molecule has 1 heterocycles. The average Bonchev–Trinajstić information content (AvgIpc) is 2.83. The van der Waals surface area contributed by atoms with E-state index < -0.39 is 0 Å². The van der Waals surface area contributed by atoms with Crippen LogP contribution >= 0.6 is 0 Å². The molecule has 8 heteroatoms. The number of amides is 2.